The molecule has 0 saturated heterocycles. The van der Waals surface area contributed by atoms with Gasteiger partial charge in [-0.05, 0) is 30.3 Å². The first-order valence-corrected chi connectivity index (χ1v) is 9.49. The van der Waals surface area contributed by atoms with Crippen LogP contribution in [0.25, 0.3) is 27.5 Å². The van der Waals surface area contributed by atoms with Crippen LogP contribution in [-0.2, 0) is 4.79 Å². The van der Waals surface area contributed by atoms with Crippen LogP contribution in [-0.4, -0.2) is 27.3 Å². The number of para-hydroxylation sites is 1. The number of anilines is 2. The lowest BCUT2D eigenvalue weighted by Gasteiger charge is -2.18. The van der Waals surface area contributed by atoms with Crippen LogP contribution in [0.1, 0.15) is 0 Å². The highest BCUT2D eigenvalue weighted by Gasteiger charge is 2.18. The second-order valence-corrected chi connectivity index (χ2v) is 7.13. The molecule has 28 heavy (non-hydrogen) atoms. The van der Waals surface area contributed by atoms with Crippen LogP contribution in [0.15, 0.2) is 60.1 Å². The smallest absolute Gasteiger partial charge is 0.262 e. The average molecular weight is 389 g/mol. The van der Waals surface area contributed by atoms with Crippen LogP contribution >= 0.6 is 11.3 Å². The second-order valence-electron chi connectivity index (χ2n) is 6.28. The zero-order valence-electron chi connectivity index (χ0n) is 14.6. The van der Waals surface area contributed by atoms with E-state index in [4.69, 9.17) is 15.5 Å². The van der Waals surface area contributed by atoms with E-state index in [0.717, 1.165) is 27.5 Å². The molecule has 5 rings (SSSR count). The lowest BCUT2D eigenvalue weighted by molar-refractivity contribution is -0.118. The molecule has 8 heteroatoms. The molecule has 3 N–H and O–H groups in total. The predicted octanol–water partition coefficient (Wildman–Crippen LogP) is 3.58. The zero-order valence-corrected chi connectivity index (χ0v) is 15.4. The minimum absolute atomic E-state index is 0.0396. The van der Waals surface area contributed by atoms with Crippen molar-refractivity contribution >= 4 is 28.7 Å². The Hall–Kier alpha value is -3.65. The molecule has 1 amide bonds. The molecular weight excluding hydrogens is 374 g/mol. The predicted molar refractivity (Wildman–Crippen MR) is 109 cm³/mol. The number of nitrogens with two attached hydrogens (primary N) is 1. The number of carbonyl (C=O) groups is 1. The summed E-state index contributed by atoms with van der Waals surface area (Å²) in [6.45, 7) is 0.0396. The van der Waals surface area contributed by atoms with Gasteiger partial charge in [0.25, 0.3) is 5.91 Å². The number of nitrogens with one attached hydrogen (secondary N) is 1. The number of amides is 1. The van der Waals surface area contributed by atoms with Gasteiger partial charge in [0.1, 0.15) is 16.6 Å². The molecule has 0 bridgehead atoms. The van der Waals surface area contributed by atoms with Crippen LogP contribution in [0.3, 0.4) is 0 Å². The molecule has 1 aliphatic heterocycles. The van der Waals surface area contributed by atoms with Gasteiger partial charge in [-0.1, -0.05) is 18.2 Å². The van der Waals surface area contributed by atoms with Crippen molar-refractivity contribution in [3.63, 3.8) is 0 Å². The van der Waals surface area contributed by atoms with E-state index in [1.807, 2.05) is 53.9 Å². The standard InChI is InChI=1S/C20H15N5O2S/c21-19-14(9-22-25(19)13-4-2-1-3-5-13)20-24-16(11-28-20)12-6-7-17-15(8-12)23-18(26)10-27-17/h1-9,11H,10,21H2,(H,23,26). The van der Waals surface area contributed by atoms with Crippen molar-refractivity contribution < 1.29 is 9.53 Å². The normalized spacial score (nSPS) is 12.9. The molecule has 4 aromatic rings. The van der Waals surface area contributed by atoms with Crippen molar-refractivity contribution in [2.45, 2.75) is 0 Å². The first-order chi connectivity index (χ1) is 13.7. The molecule has 0 unspecified atom stereocenters. The van der Waals surface area contributed by atoms with Crippen LogP contribution < -0.4 is 15.8 Å². The number of nitrogen functional groups attached to an aromatic ring is 1. The molecule has 0 atom stereocenters. The number of carbonyl (C=O) groups excluding carboxylic acids is 1. The minimum atomic E-state index is -0.162. The van der Waals surface area contributed by atoms with Crippen molar-refractivity contribution in [3.8, 4) is 33.3 Å². The summed E-state index contributed by atoms with van der Waals surface area (Å²) < 4.78 is 7.10. The van der Waals surface area contributed by atoms with Gasteiger partial charge in [-0.3, -0.25) is 4.79 Å². The second kappa shape index (κ2) is 6.50. The van der Waals surface area contributed by atoms with E-state index in [0.29, 0.717) is 17.3 Å². The fraction of sp³-hybridized carbons (Fsp3) is 0.0500. The zero-order chi connectivity index (χ0) is 19.1. The quantitative estimate of drug-likeness (QED) is 0.558. The molecule has 7 nitrogen and oxygen atoms in total. The van der Waals surface area contributed by atoms with Crippen LogP contribution in [0, 0.1) is 0 Å². The van der Waals surface area contributed by atoms with E-state index in [-0.39, 0.29) is 12.5 Å². The molecule has 1 aliphatic rings. The third kappa shape index (κ3) is 2.80. The number of nitrogens with zero attached hydrogens (tertiary/aromatic N) is 3. The van der Waals surface area contributed by atoms with Crippen LogP contribution in [0.4, 0.5) is 11.5 Å². The highest BCUT2D eigenvalue weighted by molar-refractivity contribution is 7.13. The van der Waals surface area contributed by atoms with Gasteiger partial charge >= 0.3 is 0 Å². The first kappa shape index (κ1) is 16.5. The number of hydrogen-bond donors (Lipinski definition) is 2. The third-order valence-electron chi connectivity index (χ3n) is 4.45. The van der Waals surface area contributed by atoms with Crippen molar-refractivity contribution in [2.75, 3.05) is 17.7 Å². The monoisotopic (exact) mass is 389 g/mol. The number of aromatic nitrogens is 3. The highest BCUT2D eigenvalue weighted by atomic mass is 32.1. The largest absolute Gasteiger partial charge is 0.482 e. The summed E-state index contributed by atoms with van der Waals surface area (Å²) >= 11 is 1.50. The fourth-order valence-corrected chi connectivity index (χ4v) is 3.92. The van der Waals surface area contributed by atoms with Crippen molar-refractivity contribution in [2.24, 2.45) is 0 Å². The van der Waals surface area contributed by atoms with Gasteiger partial charge in [0, 0.05) is 10.9 Å². The number of rotatable bonds is 3. The van der Waals surface area contributed by atoms with E-state index in [2.05, 4.69) is 10.4 Å². The summed E-state index contributed by atoms with van der Waals surface area (Å²) in [5, 5.41) is 9.97. The molecule has 0 radical (unpaired) electrons. The maximum Gasteiger partial charge on any atom is 0.262 e. The summed E-state index contributed by atoms with van der Waals surface area (Å²) in [7, 11) is 0. The molecule has 2 aromatic carbocycles. The lowest BCUT2D eigenvalue weighted by atomic mass is 10.1. The third-order valence-corrected chi connectivity index (χ3v) is 5.33. The molecule has 0 spiro atoms. The Labute approximate surface area is 164 Å². The van der Waals surface area contributed by atoms with Crippen LogP contribution in [0.2, 0.25) is 0 Å². The maximum absolute atomic E-state index is 11.5. The molecule has 2 aromatic heterocycles. The van der Waals surface area contributed by atoms with Crippen LogP contribution in [0.5, 0.6) is 5.75 Å². The fourth-order valence-electron chi connectivity index (χ4n) is 3.07. The van der Waals surface area contributed by atoms with E-state index in [9.17, 15) is 4.79 Å². The van der Waals surface area contributed by atoms with Gasteiger partial charge in [-0.25, -0.2) is 9.67 Å². The van der Waals surface area contributed by atoms with Gasteiger partial charge in [-0.2, -0.15) is 5.10 Å². The summed E-state index contributed by atoms with van der Waals surface area (Å²) in [6, 6.07) is 15.3. The van der Waals surface area contributed by atoms with Gasteiger partial charge in [0.05, 0.1) is 28.8 Å². The SMILES string of the molecule is Nc1c(-c2nc(-c3ccc4c(c3)NC(=O)CO4)cs2)cnn1-c1ccccc1. The Morgan fingerprint density at radius 1 is 1.18 bits per heavy atom. The minimum Gasteiger partial charge on any atom is -0.482 e. The molecule has 0 fully saturated rings. The number of hydrogen-bond acceptors (Lipinski definition) is 6. The van der Waals surface area contributed by atoms with Gasteiger partial charge in [0.15, 0.2) is 6.61 Å². The summed E-state index contributed by atoms with van der Waals surface area (Å²) in [5.74, 6) is 1.04. The topological polar surface area (TPSA) is 95.1 Å². The number of benzene rings is 2. The highest BCUT2D eigenvalue weighted by Crippen LogP contribution is 2.36. The Balaban J connectivity index is 1.49. The van der Waals surface area contributed by atoms with Gasteiger partial charge in [-0.15, -0.1) is 11.3 Å². The lowest BCUT2D eigenvalue weighted by Crippen LogP contribution is -2.25. The summed E-state index contributed by atoms with van der Waals surface area (Å²) in [5.41, 5.74) is 10.4. The molecule has 3 heterocycles. The van der Waals surface area contributed by atoms with E-state index >= 15 is 0 Å². The number of ether oxygens (including phenoxy) is 1. The van der Waals surface area contributed by atoms with Crippen molar-refractivity contribution in [1.29, 1.82) is 0 Å². The number of thiazole rings is 1. The Kier molecular flexibility index (Phi) is 3.84. The summed E-state index contributed by atoms with van der Waals surface area (Å²) in [4.78, 5) is 16.3. The number of fused-ring (bicyclic) bond motifs is 1. The first-order valence-electron chi connectivity index (χ1n) is 8.61. The van der Waals surface area contributed by atoms with E-state index in [1.54, 1.807) is 10.9 Å². The Morgan fingerprint density at radius 2 is 2.04 bits per heavy atom. The molecule has 0 aliphatic carbocycles. The van der Waals surface area contributed by atoms with Gasteiger partial charge < -0.3 is 15.8 Å². The Morgan fingerprint density at radius 3 is 2.89 bits per heavy atom. The summed E-state index contributed by atoms with van der Waals surface area (Å²) in [6.07, 6.45) is 1.73. The molecule has 138 valence electrons. The average Bonchev–Trinajstić information content (AvgIpc) is 3.35. The van der Waals surface area contributed by atoms with Crippen molar-refractivity contribution in [3.05, 3.63) is 60.1 Å². The van der Waals surface area contributed by atoms with E-state index < -0.39 is 0 Å². The Bertz CT molecular complexity index is 1180. The van der Waals surface area contributed by atoms with Crippen molar-refractivity contribution in [1.82, 2.24) is 14.8 Å². The maximum atomic E-state index is 11.5. The van der Waals surface area contributed by atoms with Gasteiger partial charge in [0.2, 0.25) is 0 Å². The molecule has 0 saturated carbocycles. The molecular formula is C20H15N5O2S. The van der Waals surface area contributed by atoms with E-state index in [1.165, 1.54) is 11.3 Å².